The van der Waals surface area contributed by atoms with E-state index in [-0.39, 0.29) is 11.2 Å². The van der Waals surface area contributed by atoms with Gasteiger partial charge in [0.2, 0.25) is 0 Å². The van der Waals surface area contributed by atoms with E-state index in [9.17, 15) is 0 Å². The number of hydrogen-bond donors (Lipinski definition) is 0. The van der Waals surface area contributed by atoms with Crippen molar-refractivity contribution in [2.75, 3.05) is 26.9 Å². The molecule has 3 nitrogen and oxygen atoms in total. The van der Waals surface area contributed by atoms with Crippen LogP contribution in [-0.2, 0) is 14.2 Å². The zero-order chi connectivity index (χ0) is 11.2. The molecule has 0 unspecified atom stereocenters. The van der Waals surface area contributed by atoms with Gasteiger partial charge in [0, 0.05) is 7.11 Å². The van der Waals surface area contributed by atoms with Crippen molar-refractivity contribution in [3.8, 4) is 0 Å². The highest BCUT2D eigenvalue weighted by atomic mass is 16.6. The van der Waals surface area contributed by atoms with E-state index in [2.05, 4.69) is 0 Å². The summed E-state index contributed by atoms with van der Waals surface area (Å²) < 4.78 is 16.2. The summed E-state index contributed by atoms with van der Waals surface area (Å²) in [7, 11) is 1.67. The van der Waals surface area contributed by atoms with Crippen LogP contribution in [0.5, 0.6) is 0 Å². The summed E-state index contributed by atoms with van der Waals surface area (Å²) in [4.78, 5) is 0. The van der Waals surface area contributed by atoms with E-state index in [1.54, 1.807) is 7.11 Å². The summed E-state index contributed by atoms with van der Waals surface area (Å²) in [5.41, 5.74) is -0.375. The van der Waals surface area contributed by atoms with Crippen molar-refractivity contribution >= 4 is 0 Å². The molecule has 0 radical (unpaired) electrons. The molecule has 0 saturated heterocycles. The van der Waals surface area contributed by atoms with Crippen LogP contribution in [0.4, 0.5) is 0 Å². The molecule has 0 amide bonds. The van der Waals surface area contributed by atoms with Crippen molar-refractivity contribution in [3.05, 3.63) is 0 Å². The van der Waals surface area contributed by atoms with Gasteiger partial charge < -0.3 is 14.2 Å². The maximum Gasteiger partial charge on any atom is 0.0866 e. The zero-order valence-electron chi connectivity index (χ0n) is 10.3. The van der Waals surface area contributed by atoms with Gasteiger partial charge in [0.05, 0.1) is 31.0 Å². The van der Waals surface area contributed by atoms with Crippen molar-refractivity contribution in [2.24, 2.45) is 0 Å². The van der Waals surface area contributed by atoms with E-state index in [1.807, 2.05) is 34.6 Å². The van der Waals surface area contributed by atoms with Gasteiger partial charge in [0.1, 0.15) is 0 Å². The van der Waals surface area contributed by atoms with Crippen molar-refractivity contribution < 1.29 is 14.2 Å². The predicted molar refractivity (Wildman–Crippen MR) is 57.6 cm³/mol. The monoisotopic (exact) mass is 204 g/mol. The fourth-order valence-electron chi connectivity index (χ4n) is 1.32. The third-order valence-electron chi connectivity index (χ3n) is 1.46. The predicted octanol–water partition coefficient (Wildman–Crippen LogP) is 2.24. The van der Waals surface area contributed by atoms with Gasteiger partial charge in [-0.3, -0.25) is 0 Å². The highest BCUT2D eigenvalue weighted by molar-refractivity contribution is 4.73. The Morgan fingerprint density at radius 1 is 0.929 bits per heavy atom. The van der Waals surface area contributed by atoms with E-state index in [0.717, 1.165) is 0 Å². The van der Waals surface area contributed by atoms with Crippen molar-refractivity contribution in [2.45, 2.75) is 45.8 Å². The van der Waals surface area contributed by atoms with E-state index < -0.39 is 0 Å². The zero-order valence-corrected chi connectivity index (χ0v) is 10.3. The summed E-state index contributed by atoms with van der Waals surface area (Å²) in [6, 6.07) is 0. The first-order valence-electron chi connectivity index (χ1n) is 5.04. The molecule has 0 fully saturated rings. The molecule has 0 saturated carbocycles. The van der Waals surface area contributed by atoms with Gasteiger partial charge in [0.15, 0.2) is 0 Å². The average molecular weight is 204 g/mol. The first-order chi connectivity index (χ1) is 6.27. The van der Waals surface area contributed by atoms with Crippen LogP contribution in [0.3, 0.4) is 0 Å². The molecule has 86 valence electrons. The minimum absolute atomic E-state index is 0.131. The lowest BCUT2D eigenvalue weighted by Gasteiger charge is -2.33. The van der Waals surface area contributed by atoms with E-state index in [0.29, 0.717) is 19.8 Å². The average Bonchev–Trinajstić information content (AvgIpc) is 1.93. The molecule has 14 heavy (non-hydrogen) atoms. The van der Waals surface area contributed by atoms with E-state index in [1.165, 1.54) is 0 Å². The lowest BCUT2D eigenvalue weighted by molar-refractivity contribution is -0.145. The molecule has 0 aromatic heterocycles. The fourth-order valence-corrected chi connectivity index (χ4v) is 1.32. The summed E-state index contributed by atoms with van der Waals surface area (Å²) in [6.45, 7) is 12.0. The second kappa shape index (κ2) is 5.69. The van der Waals surface area contributed by atoms with Gasteiger partial charge in [-0.15, -0.1) is 0 Å². The van der Waals surface area contributed by atoms with Gasteiger partial charge >= 0.3 is 0 Å². The first kappa shape index (κ1) is 13.9. The number of methoxy groups -OCH3 is 1. The summed E-state index contributed by atoms with van der Waals surface area (Å²) >= 11 is 0. The van der Waals surface area contributed by atoms with Crippen molar-refractivity contribution in [1.29, 1.82) is 0 Å². The van der Waals surface area contributed by atoms with Gasteiger partial charge in [-0.25, -0.2) is 0 Å². The molecular weight excluding hydrogens is 180 g/mol. The van der Waals surface area contributed by atoms with Crippen LogP contribution in [0.2, 0.25) is 0 Å². The molecule has 3 heteroatoms. The maximum atomic E-state index is 5.84. The Labute approximate surface area is 87.7 Å². The van der Waals surface area contributed by atoms with Crippen LogP contribution in [0.25, 0.3) is 0 Å². The fraction of sp³-hybridized carbons (Fsp3) is 1.00. The highest BCUT2D eigenvalue weighted by Gasteiger charge is 2.25. The number of hydrogen-bond acceptors (Lipinski definition) is 3. The summed E-state index contributed by atoms with van der Waals surface area (Å²) in [5, 5.41) is 0. The molecule has 0 spiro atoms. The van der Waals surface area contributed by atoms with Gasteiger partial charge in [-0.1, -0.05) is 0 Å². The Hall–Kier alpha value is -0.120. The van der Waals surface area contributed by atoms with Gasteiger partial charge in [0.25, 0.3) is 0 Å². The van der Waals surface area contributed by atoms with Crippen LogP contribution in [0.15, 0.2) is 0 Å². The molecule has 0 aliphatic rings. The maximum absolute atomic E-state index is 5.84. The highest BCUT2D eigenvalue weighted by Crippen LogP contribution is 2.19. The SMILES string of the molecule is COCCOCC(C)(C)OC(C)(C)C. The third-order valence-corrected chi connectivity index (χ3v) is 1.46. The molecule has 0 bridgehead atoms. The molecule has 0 aliphatic carbocycles. The minimum atomic E-state index is -0.244. The van der Waals surface area contributed by atoms with Crippen LogP contribution in [0.1, 0.15) is 34.6 Å². The molecule has 0 aromatic carbocycles. The van der Waals surface area contributed by atoms with Crippen molar-refractivity contribution in [3.63, 3.8) is 0 Å². The second-order valence-corrected chi connectivity index (χ2v) is 5.02. The van der Waals surface area contributed by atoms with E-state index >= 15 is 0 Å². The smallest absolute Gasteiger partial charge is 0.0866 e. The van der Waals surface area contributed by atoms with Crippen LogP contribution >= 0.6 is 0 Å². The van der Waals surface area contributed by atoms with Gasteiger partial charge in [-0.2, -0.15) is 0 Å². The quantitative estimate of drug-likeness (QED) is 0.621. The van der Waals surface area contributed by atoms with E-state index in [4.69, 9.17) is 14.2 Å². The summed E-state index contributed by atoms with van der Waals surface area (Å²) in [5.74, 6) is 0. The lowest BCUT2D eigenvalue weighted by atomic mass is 10.1. The van der Waals surface area contributed by atoms with Crippen LogP contribution < -0.4 is 0 Å². The summed E-state index contributed by atoms with van der Waals surface area (Å²) in [6.07, 6.45) is 0. The molecule has 0 atom stereocenters. The largest absolute Gasteiger partial charge is 0.382 e. The molecule has 0 rings (SSSR count). The molecule has 0 aliphatic heterocycles. The molecule has 0 heterocycles. The normalized spacial score (nSPS) is 13.3. The number of rotatable bonds is 6. The third kappa shape index (κ3) is 8.48. The number of ether oxygens (including phenoxy) is 3. The molecule has 0 aromatic rings. The standard InChI is InChI=1S/C11H24O3/c1-10(2,3)14-11(4,5)9-13-8-7-12-6/h7-9H2,1-6H3. The Kier molecular flexibility index (Phi) is 5.64. The van der Waals surface area contributed by atoms with Gasteiger partial charge in [-0.05, 0) is 34.6 Å². The topological polar surface area (TPSA) is 27.7 Å². The molecular formula is C11H24O3. The lowest BCUT2D eigenvalue weighted by Crippen LogP contribution is -2.38. The van der Waals surface area contributed by atoms with Crippen molar-refractivity contribution in [1.82, 2.24) is 0 Å². The Morgan fingerprint density at radius 2 is 1.50 bits per heavy atom. The minimum Gasteiger partial charge on any atom is -0.382 e. The Bertz CT molecular complexity index is 147. The molecule has 0 N–H and O–H groups in total. The van der Waals surface area contributed by atoms with Crippen LogP contribution in [0, 0.1) is 0 Å². The second-order valence-electron chi connectivity index (χ2n) is 5.02. The Morgan fingerprint density at radius 3 is 1.93 bits per heavy atom. The first-order valence-corrected chi connectivity index (χ1v) is 5.04. The van der Waals surface area contributed by atoms with Crippen LogP contribution in [-0.4, -0.2) is 38.1 Å². The Balaban J connectivity index is 3.72.